The van der Waals surface area contributed by atoms with Gasteiger partial charge in [-0.2, -0.15) is 0 Å². The summed E-state index contributed by atoms with van der Waals surface area (Å²) < 4.78 is 0. The molecule has 0 amide bonds. The molecule has 3 heteroatoms. The molecule has 0 aliphatic heterocycles. The normalized spacial score (nSPS) is 23.9. The first kappa shape index (κ1) is 10.5. The predicted octanol–water partition coefficient (Wildman–Crippen LogP) is 2.41. The third kappa shape index (κ3) is 1.60. The van der Waals surface area contributed by atoms with Gasteiger partial charge in [0.25, 0.3) is 0 Å². The van der Waals surface area contributed by atoms with Crippen molar-refractivity contribution in [3.05, 3.63) is 59.9 Å². The van der Waals surface area contributed by atoms with E-state index in [1.807, 2.05) is 18.2 Å². The SMILES string of the molecule is O=C(O)C1(c2ccccc2)C=CC(O)=CC1. The third-order valence-electron chi connectivity index (χ3n) is 2.84. The van der Waals surface area contributed by atoms with Gasteiger partial charge in [-0.1, -0.05) is 36.4 Å². The molecule has 3 nitrogen and oxygen atoms in total. The first-order chi connectivity index (χ1) is 7.65. The van der Waals surface area contributed by atoms with Gasteiger partial charge in [-0.3, -0.25) is 4.79 Å². The molecule has 0 saturated carbocycles. The lowest BCUT2D eigenvalue weighted by Crippen LogP contribution is -2.34. The molecule has 82 valence electrons. The number of carboxylic acids is 1. The van der Waals surface area contributed by atoms with Crippen LogP contribution in [-0.2, 0) is 10.2 Å². The van der Waals surface area contributed by atoms with Crippen LogP contribution < -0.4 is 0 Å². The summed E-state index contributed by atoms with van der Waals surface area (Å²) in [6, 6.07) is 9.04. The van der Waals surface area contributed by atoms with Crippen molar-refractivity contribution in [3.63, 3.8) is 0 Å². The van der Waals surface area contributed by atoms with Crippen LogP contribution in [0, 0.1) is 0 Å². The Morgan fingerprint density at radius 1 is 1.25 bits per heavy atom. The monoisotopic (exact) mass is 216 g/mol. The highest BCUT2D eigenvalue weighted by molar-refractivity contribution is 5.85. The van der Waals surface area contributed by atoms with E-state index in [2.05, 4.69) is 0 Å². The number of aliphatic carboxylic acids is 1. The molecule has 1 aromatic carbocycles. The lowest BCUT2D eigenvalue weighted by Gasteiger charge is -2.27. The first-order valence-corrected chi connectivity index (χ1v) is 5.02. The van der Waals surface area contributed by atoms with Crippen molar-refractivity contribution in [3.8, 4) is 0 Å². The highest BCUT2D eigenvalue weighted by Gasteiger charge is 2.38. The average molecular weight is 216 g/mol. The van der Waals surface area contributed by atoms with Crippen LogP contribution in [0.15, 0.2) is 54.3 Å². The van der Waals surface area contributed by atoms with Crippen LogP contribution in [0.2, 0.25) is 0 Å². The molecular weight excluding hydrogens is 204 g/mol. The largest absolute Gasteiger partial charge is 0.508 e. The lowest BCUT2D eigenvalue weighted by molar-refractivity contribution is -0.141. The number of benzene rings is 1. The molecule has 0 fully saturated rings. The first-order valence-electron chi connectivity index (χ1n) is 5.02. The van der Waals surface area contributed by atoms with Crippen molar-refractivity contribution < 1.29 is 15.0 Å². The standard InChI is InChI=1S/C13H12O3/c14-11-6-8-13(9-7-11,12(15)16)10-4-2-1-3-5-10/h1-8,14H,9H2,(H,15,16). The molecule has 0 radical (unpaired) electrons. The summed E-state index contributed by atoms with van der Waals surface area (Å²) in [7, 11) is 0. The van der Waals surface area contributed by atoms with Crippen LogP contribution in [0.5, 0.6) is 0 Å². The number of carboxylic acid groups (broad SMARTS) is 1. The van der Waals surface area contributed by atoms with Gasteiger partial charge in [-0.25, -0.2) is 0 Å². The van der Waals surface area contributed by atoms with Gasteiger partial charge in [-0.05, 0) is 24.1 Å². The van der Waals surface area contributed by atoms with Gasteiger partial charge in [0.1, 0.15) is 11.2 Å². The zero-order valence-corrected chi connectivity index (χ0v) is 8.63. The number of carbonyl (C=O) groups is 1. The third-order valence-corrected chi connectivity index (χ3v) is 2.84. The summed E-state index contributed by atoms with van der Waals surface area (Å²) in [5, 5.41) is 18.6. The van der Waals surface area contributed by atoms with Gasteiger partial charge >= 0.3 is 5.97 Å². The molecule has 0 saturated heterocycles. The minimum Gasteiger partial charge on any atom is -0.508 e. The molecule has 1 aliphatic carbocycles. The fourth-order valence-electron chi connectivity index (χ4n) is 1.86. The molecule has 1 aliphatic rings. The Bertz CT molecular complexity index is 459. The summed E-state index contributed by atoms with van der Waals surface area (Å²) in [6.45, 7) is 0. The maximum Gasteiger partial charge on any atom is 0.318 e. The minimum atomic E-state index is -1.05. The van der Waals surface area contributed by atoms with Gasteiger partial charge in [0.15, 0.2) is 0 Å². The molecule has 1 atom stereocenters. The lowest BCUT2D eigenvalue weighted by atomic mass is 9.75. The summed E-state index contributed by atoms with van der Waals surface area (Å²) in [6.07, 6.45) is 4.78. The average Bonchev–Trinajstić information content (AvgIpc) is 2.31. The number of aliphatic hydroxyl groups excluding tert-OH is 1. The van der Waals surface area contributed by atoms with Gasteiger partial charge in [0.2, 0.25) is 0 Å². The van der Waals surface area contributed by atoms with Crippen molar-refractivity contribution in [2.75, 3.05) is 0 Å². The number of hydrogen-bond acceptors (Lipinski definition) is 2. The Morgan fingerprint density at radius 3 is 2.44 bits per heavy atom. The van der Waals surface area contributed by atoms with Crippen molar-refractivity contribution in [2.45, 2.75) is 11.8 Å². The maximum absolute atomic E-state index is 11.4. The second-order valence-electron chi connectivity index (χ2n) is 3.81. The van der Waals surface area contributed by atoms with Crippen LogP contribution in [0.4, 0.5) is 0 Å². The molecule has 0 bridgehead atoms. The second-order valence-corrected chi connectivity index (χ2v) is 3.81. The van der Waals surface area contributed by atoms with Crippen LogP contribution in [0.3, 0.4) is 0 Å². The summed E-state index contributed by atoms with van der Waals surface area (Å²) >= 11 is 0. The molecular formula is C13H12O3. The van der Waals surface area contributed by atoms with E-state index in [-0.39, 0.29) is 12.2 Å². The minimum absolute atomic E-state index is 0.118. The van der Waals surface area contributed by atoms with E-state index in [1.54, 1.807) is 18.2 Å². The van der Waals surface area contributed by atoms with Crippen molar-refractivity contribution in [1.82, 2.24) is 0 Å². The molecule has 1 unspecified atom stereocenters. The molecule has 2 N–H and O–H groups in total. The fourth-order valence-corrected chi connectivity index (χ4v) is 1.86. The van der Waals surface area contributed by atoms with Crippen LogP contribution in [-0.4, -0.2) is 16.2 Å². The van der Waals surface area contributed by atoms with Gasteiger partial charge in [0, 0.05) is 0 Å². The topological polar surface area (TPSA) is 57.5 Å². The number of aliphatic hydroxyl groups is 1. The zero-order chi connectivity index (χ0) is 11.6. The van der Waals surface area contributed by atoms with E-state index >= 15 is 0 Å². The Hall–Kier alpha value is -2.03. The Kier molecular flexibility index (Phi) is 2.52. The van der Waals surface area contributed by atoms with E-state index in [0.717, 1.165) is 5.56 Å². The highest BCUT2D eigenvalue weighted by atomic mass is 16.4. The molecule has 16 heavy (non-hydrogen) atoms. The van der Waals surface area contributed by atoms with E-state index in [9.17, 15) is 15.0 Å². The van der Waals surface area contributed by atoms with Gasteiger partial charge < -0.3 is 10.2 Å². The molecule has 0 spiro atoms. The Morgan fingerprint density at radius 2 is 1.94 bits per heavy atom. The van der Waals surface area contributed by atoms with Crippen molar-refractivity contribution in [2.24, 2.45) is 0 Å². The van der Waals surface area contributed by atoms with Crippen molar-refractivity contribution >= 4 is 5.97 Å². The summed E-state index contributed by atoms with van der Waals surface area (Å²) in [4.78, 5) is 11.4. The molecule has 1 aromatic rings. The van der Waals surface area contributed by atoms with E-state index < -0.39 is 11.4 Å². The maximum atomic E-state index is 11.4. The Labute approximate surface area is 93.4 Å². The predicted molar refractivity (Wildman–Crippen MR) is 60.2 cm³/mol. The summed E-state index contributed by atoms with van der Waals surface area (Å²) in [5.74, 6) is -0.786. The molecule has 0 heterocycles. The van der Waals surface area contributed by atoms with Gasteiger partial charge in [-0.15, -0.1) is 0 Å². The summed E-state index contributed by atoms with van der Waals surface area (Å²) in [5.41, 5.74) is -0.324. The highest BCUT2D eigenvalue weighted by Crippen LogP contribution is 2.33. The van der Waals surface area contributed by atoms with E-state index in [0.29, 0.717) is 0 Å². The number of hydrogen-bond donors (Lipinski definition) is 2. The number of allylic oxidation sites excluding steroid dienone is 2. The number of rotatable bonds is 2. The van der Waals surface area contributed by atoms with Crippen LogP contribution in [0.25, 0.3) is 0 Å². The quantitative estimate of drug-likeness (QED) is 0.798. The van der Waals surface area contributed by atoms with Gasteiger partial charge in [0.05, 0.1) is 0 Å². The smallest absolute Gasteiger partial charge is 0.318 e. The fraction of sp³-hybridized carbons (Fsp3) is 0.154. The molecule has 2 rings (SSSR count). The molecule has 0 aromatic heterocycles. The van der Waals surface area contributed by atoms with Crippen molar-refractivity contribution in [1.29, 1.82) is 0 Å². The van der Waals surface area contributed by atoms with Crippen LogP contribution in [0.1, 0.15) is 12.0 Å². The second kappa shape index (κ2) is 3.85. The Balaban J connectivity index is 2.47. The zero-order valence-electron chi connectivity index (χ0n) is 8.63. The van der Waals surface area contributed by atoms with E-state index in [1.165, 1.54) is 12.2 Å². The van der Waals surface area contributed by atoms with Crippen LogP contribution >= 0.6 is 0 Å². The van der Waals surface area contributed by atoms with E-state index in [4.69, 9.17) is 0 Å².